The lowest BCUT2D eigenvalue weighted by molar-refractivity contribution is 0.0618. The summed E-state index contributed by atoms with van der Waals surface area (Å²) in [5, 5.41) is 4.11. The molecule has 2 bridgehead atoms. The molecule has 0 aliphatic carbocycles. The number of aromatic nitrogens is 1. The molecule has 0 spiro atoms. The molecule has 7 nitrogen and oxygen atoms in total. The molecule has 7 heteroatoms. The molecule has 4 aliphatic rings. The molecule has 1 unspecified atom stereocenters. The predicted octanol–water partition coefficient (Wildman–Crippen LogP) is 1.49. The number of carbonyl (C=O) groups is 1. The molecule has 4 aliphatic heterocycles. The Morgan fingerprint density at radius 3 is 2.69 bits per heavy atom. The maximum absolute atomic E-state index is 12.7. The van der Waals surface area contributed by atoms with Crippen LogP contribution in [-0.2, 0) is 4.74 Å². The fraction of sp³-hybridized carbons (Fsp3) is 0.579. The Kier molecular flexibility index (Phi) is 4.05. The van der Waals surface area contributed by atoms with Gasteiger partial charge in [-0.25, -0.2) is 0 Å². The van der Waals surface area contributed by atoms with Crippen LogP contribution in [0.3, 0.4) is 0 Å². The summed E-state index contributed by atoms with van der Waals surface area (Å²) in [5.74, 6) is 1.32. The number of hydrogen-bond acceptors (Lipinski definition) is 6. The second-order valence-corrected chi connectivity index (χ2v) is 7.51. The maximum Gasteiger partial charge on any atom is 0.270 e. The van der Waals surface area contributed by atoms with E-state index in [0.29, 0.717) is 30.4 Å². The Balaban J connectivity index is 1.33. The number of piperidine rings is 3. The number of nitrogens with zero attached hydrogens (tertiary/aromatic N) is 3. The van der Waals surface area contributed by atoms with E-state index in [2.05, 4.69) is 20.1 Å². The summed E-state index contributed by atoms with van der Waals surface area (Å²) in [6, 6.07) is 3.99. The highest BCUT2D eigenvalue weighted by Crippen LogP contribution is 2.29. The van der Waals surface area contributed by atoms with E-state index in [1.54, 1.807) is 12.3 Å². The normalized spacial score (nSPS) is 28.5. The molecule has 138 valence electrons. The van der Waals surface area contributed by atoms with Gasteiger partial charge in [0.05, 0.1) is 13.2 Å². The van der Waals surface area contributed by atoms with Crippen molar-refractivity contribution < 1.29 is 13.9 Å². The van der Waals surface area contributed by atoms with E-state index in [1.807, 2.05) is 6.07 Å². The van der Waals surface area contributed by atoms with Crippen molar-refractivity contribution in [2.24, 2.45) is 5.92 Å². The van der Waals surface area contributed by atoms with E-state index in [9.17, 15) is 4.79 Å². The lowest BCUT2D eigenvalue weighted by atomic mass is 9.84. The zero-order chi connectivity index (χ0) is 17.5. The summed E-state index contributed by atoms with van der Waals surface area (Å²) in [6.45, 7) is 6.35. The molecular weight excluding hydrogens is 332 g/mol. The fourth-order valence-corrected chi connectivity index (χ4v) is 4.35. The molecule has 6 rings (SSSR count). The van der Waals surface area contributed by atoms with Gasteiger partial charge >= 0.3 is 0 Å². The van der Waals surface area contributed by atoms with Gasteiger partial charge in [-0.2, -0.15) is 0 Å². The molecule has 0 saturated carbocycles. The zero-order valence-electron chi connectivity index (χ0n) is 14.8. The number of nitrogens with one attached hydrogen (secondary N) is 1. The summed E-state index contributed by atoms with van der Waals surface area (Å²) in [6.07, 6.45) is 4.09. The third-order valence-electron chi connectivity index (χ3n) is 5.92. The number of rotatable bonds is 3. The summed E-state index contributed by atoms with van der Waals surface area (Å²) in [4.78, 5) is 21.6. The van der Waals surface area contributed by atoms with E-state index >= 15 is 0 Å². The molecule has 1 amide bonds. The highest BCUT2D eigenvalue weighted by atomic mass is 16.5. The van der Waals surface area contributed by atoms with Gasteiger partial charge in [-0.15, -0.1) is 0 Å². The van der Waals surface area contributed by atoms with Crippen molar-refractivity contribution in [3.8, 4) is 0 Å². The van der Waals surface area contributed by atoms with Crippen LogP contribution >= 0.6 is 0 Å². The highest BCUT2D eigenvalue weighted by Gasteiger charge is 2.35. The number of anilines is 1. The van der Waals surface area contributed by atoms with Gasteiger partial charge in [-0.05, 0) is 31.8 Å². The number of ether oxygens (including phenoxy) is 1. The summed E-state index contributed by atoms with van der Waals surface area (Å²) in [5.41, 5.74) is 1.14. The Morgan fingerprint density at radius 2 is 1.96 bits per heavy atom. The van der Waals surface area contributed by atoms with Crippen LogP contribution in [0.1, 0.15) is 23.3 Å². The van der Waals surface area contributed by atoms with Gasteiger partial charge in [0, 0.05) is 49.4 Å². The smallest absolute Gasteiger partial charge is 0.270 e. The largest absolute Gasteiger partial charge is 0.440 e. The molecule has 6 heterocycles. The number of amides is 1. The van der Waals surface area contributed by atoms with Crippen molar-refractivity contribution in [3.05, 3.63) is 24.0 Å². The molecule has 1 atom stereocenters. The second kappa shape index (κ2) is 6.55. The average Bonchev–Trinajstić information content (AvgIpc) is 3.13. The van der Waals surface area contributed by atoms with Crippen LogP contribution in [-0.4, -0.2) is 67.8 Å². The second-order valence-electron chi connectivity index (χ2n) is 7.51. The SMILES string of the molecule is O=C(NC1CN2CCC1CC2)c1cc2oc(N3CCOCC3)cc2cn1. The monoisotopic (exact) mass is 356 g/mol. The Hall–Kier alpha value is -2.12. The molecule has 2 aromatic heterocycles. The number of fused-ring (bicyclic) bond motifs is 4. The first-order chi connectivity index (χ1) is 12.8. The van der Waals surface area contributed by atoms with Crippen molar-refractivity contribution in [2.75, 3.05) is 50.8 Å². The van der Waals surface area contributed by atoms with E-state index in [4.69, 9.17) is 9.15 Å². The molecule has 26 heavy (non-hydrogen) atoms. The third kappa shape index (κ3) is 2.95. The Morgan fingerprint density at radius 1 is 1.15 bits per heavy atom. The van der Waals surface area contributed by atoms with Gasteiger partial charge in [-0.3, -0.25) is 9.78 Å². The summed E-state index contributed by atoms with van der Waals surface area (Å²) >= 11 is 0. The Bertz CT molecular complexity index is 806. The maximum atomic E-state index is 12.7. The van der Waals surface area contributed by atoms with Crippen LogP contribution in [0.25, 0.3) is 11.0 Å². The van der Waals surface area contributed by atoms with Gasteiger partial charge < -0.3 is 24.3 Å². The number of hydrogen-bond donors (Lipinski definition) is 1. The van der Waals surface area contributed by atoms with Crippen LogP contribution in [0.15, 0.2) is 22.7 Å². The average molecular weight is 356 g/mol. The van der Waals surface area contributed by atoms with Crippen LogP contribution in [0.4, 0.5) is 5.88 Å². The van der Waals surface area contributed by atoms with E-state index < -0.39 is 0 Å². The minimum atomic E-state index is -0.102. The van der Waals surface area contributed by atoms with Crippen LogP contribution < -0.4 is 10.2 Å². The topological polar surface area (TPSA) is 70.8 Å². The molecule has 2 aromatic rings. The molecule has 0 aromatic carbocycles. The lowest BCUT2D eigenvalue weighted by Crippen LogP contribution is -2.57. The first kappa shape index (κ1) is 16.1. The minimum Gasteiger partial charge on any atom is -0.440 e. The zero-order valence-corrected chi connectivity index (χ0v) is 14.8. The number of pyridine rings is 1. The van der Waals surface area contributed by atoms with Crippen molar-refractivity contribution in [2.45, 2.75) is 18.9 Å². The molecule has 4 fully saturated rings. The quantitative estimate of drug-likeness (QED) is 0.898. The van der Waals surface area contributed by atoms with Crippen molar-refractivity contribution in [1.29, 1.82) is 0 Å². The van der Waals surface area contributed by atoms with E-state index in [1.165, 1.54) is 12.8 Å². The molecule has 0 radical (unpaired) electrons. The van der Waals surface area contributed by atoms with E-state index in [-0.39, 0.29) is 11.9 Å². The van der Waals surface area contributed by atoms with Crippen molar-refractivity contribution >= 4 is 22.8 Å². The number of morpholine rings is 1. The van der Waals surface area contributed by atoms with Gasteiger partial charge in [0.2, 0.25) is 0 Å². The molecular formula is C19H24N4O3. The molecule has 4 saturated heterocycles. The minimum absolute atomic E-state index is 0.102. The van der Waals surface area contributed by atoms with E-state index in [0.717, 1.165) is 44.0 Å². The van der Waals surface area contributed by atoms with Crippen molar-refractivity contribution in [1.82, 2.24) is 15.2 Å². The van der Waals surface area contributed by atoms with Crippen molar-refractivity contribution in [3.63, 3.8) is 0 Å². The first-order valence-electron chi connectivity index (χ1n) is 9.52. The third-order valence-corrected chi connectivity index (χ3v) is 5.92. The molecule has 1 N–H and O–H groups in total. The summed E-state index contributed by atoms with van der Waals surface area (Å²) < 4.78 is 11.4. The Labute approximate surface area is 152 Å². The lowest BCUT2D eigenvalue weighted by Gasteiger charge is -2.44. The highest BCUT2D eigenvalue weighted by molar-refractivity contribution is 5.95. The predicted molar refractivity (Wildman–Crippen MR) is 97.5 cm³/mol. The van der Waals surface area contributed by atoms with Gasteiger partial charge in [0.1, 0.15) is 11.3 Å². The fourth-order valence-electron chi connectivity index (χ4n) is 4.35. The standard InChI is InChI=1S/C19H24N4O3/c24-19(21-16-12-22-3-1-13(16)2-4-22)15-10-17-14(11-20-15)9-18(26-17)23-5-7-25-8-6-23/h9-11,13,16H,1-8,12H2,(H,21,24). The number of furan rings is 1. The first-order valence-corrected chi connectivity index (χ1v) is 9.52. The van der Waals surface area contributed by atoms with Crippen LogP contribution in [0.5, 0.6) is 0 Å². The van der Waals surface area contributed by atoms with Crippen LogP contribution in [0, 0.1) is 5.92 Å². The summed E-state index contributed by atoms with van der Waals surface area (Å²) in [7, 11) is 0. The number of carbonyl (C=O) groups excluding carboxylic acids is 1. The van der Waals surface area contributed by atoms with Gasteiger partial charge in [-0.1, -0.05) is 0 Å². The van der Waals surface area contributed by atoms with Crippen LogP contribution in [0.2, 0.25) is 0 Å². The van der Waals surface area contributed by atoms with Gasteiger partial charge in [0.25, 0.3) is 5.91 Å². The van der Waals surface area contributed by atoms with Gasteiger partial charge in [0.15, 0.2) is 5.88 Å².